The molecular weight excluding hydrogens is 178 g/mol. The zero-order valence-electron chi connectivity index (χ0n) is 9.53. The summed E-state index contributed by atoms with van der Waals surface area (Å²) in [5.41, 5.74) is -0.607. The normalized spacial score (nSPS) is 28.3. The molecule has 14 heavy (non-hydrogen) atoms. The molecule has 1 aliphatic rings. The first-order valence-corrected chi connectivity index (χ1v) is 5.51. The Hall–Kier alpha value is -0.120. The minimum Gasteiger partial charge on any atom is -0.396 e. The van der Waals surface area contributed by atoms with Crippen molar-refractivity contribution < 1.29 is 10.2 Å². The number of β-amino-alcohol motifs (C(OH)–C–C–N with tert-alkyl or cyclic N) is 1. The Bertz CT molecular complexity index is 180. The second-order valence-corrected chi connectivity index (χ2v) is 5.08. The molecule has 0 aromatic carbocycles. The van der Waals surface area contributed by atoms with Crippen LogP contribution in [0.4, 0.5) is 0 Å². The Kier molecular flexibility index (Phi) is 3.93. The Morgan fingerprint density at radius 2 is 2.14 bits per heavy atom. The number of rotatable bonds is 4. The van der Waals surface area contributed by atoms with Crippen molar-refractivity contribution in [3.63, 3.8) is 0 Å². The fraction of sp³-hybridized carbons (Fsp3) is 1.00. The third-order valence-corrected chi connectivity index (χ3v) is 3.42. The van der Waals surface area contributed by atoms with Gasteiger partial charge in [0.25, 0.3) is 0 Å². The molecule has 0 saturated carbocycles. The minimum atomic E-state index is -0.607. The van der Waals surface area contributed by atoms with Crippen LogP contribution < -0.4 is 0 Å². The van der Waals surface area contributed by atoms with Gasteiger partial charge in [-0.1, -0.05) is 13.8 Å². The molecule has 84 valence electrons. The second-order valence-electron chi connectivity index (χ2n) is 5.08. The lowest BCUT2D eigenvalue weighted by Crippen LogP contribution is -2.43. The molecule has 0 spiro atoms. The van der Waals surface area contributed by atoms with E-state index in [0.717, 1.165) is 26.1 Å². The summed E-state index contributed by atoms with van der Waals surface area (Å²) in [6.45, 7) is 8.91. The molecule has 1 saturated heterocycles. The SMILES string of the molecule is CC(C)C(C)(O)CN1CCC(CO)C1. The van der Waals surface area contributed by atoms with Crippen LogP contribution in [-0.4, -0.2) is 47.0 Å². The molecule has 0 amide bonds. The van der Waals surface area contributed by atoms with Gasteiger partial charge in [0.05, 0.1) is 5.60 Å². The molecular formula is C11H23NO2. The van der Waals surface area contributed by atoms with Crippen LogP contribution in [0.5, 0.6) is 0 Å². The minimum absolute atomic E-state index is 0.274. The summed E-state index contributed by atoms with van der Waals surface area (Å²) in [6, 6.07) is 0. The lowest BCUT2D eigenvalue weighted by Gasteiger charge is -2.32. The molecule has 0 aromatic rings. The van der Waals surface area contributed by atoms with Crippen LogP contribution in [0.25, 0.3) is 0 Å². The number of aliphatic hydroxyl groups is 2. The van der Waals surface area contributed by atoms with Crippen molar-refractivity contribution in [2.45, 2.75) is 32.8 Å². The van der Waals surface area contributed by atoms with E-state index in [9.17, 15) is 5.11 Å². The van der Waals surface area contributed by atoms with Crippen molar-refractivity contribution in [3.05, 3.63) is 0 Å². The lowest BCUT2D eigenvalue weighted by molar-refractivity contribution is -0.0148. The highest BCUT2D eigenvalue weighted by molar-refractivity contribution is 4.84. The van der Waals surface area contributed by atoms with Crippen molar-refractivity contribution in [1.82, 2.24) is 4.90 Å². The quantitative estimate of drug-likeness (QED) is 0.704. The van der Waals surface area contributed by atoms with Crippen LogP contribution in [0.2, 0.25) is 0 Å². The van der Waals surface area contributed by atoms with Gasteiger partial charge in [0, 0.05) is 19.7 Å². The van der Waals surface area contributed by atoms with Gasteiger partial charge in [0.2, 0.25) is 0 Å². The van der Waals surface area contributed by atoms with Gasteiger partial charge in [-0.25, -0.2) is 0 Å². The van der Waals surface area contributed by atoms with Crippen LogP contribution in [0.3, 0.4) is 0 Å². The molecule has 1 fully saturated rings. The van der Waals surface area contributed by atoms with Crippen LogP contribution >= 0.6 is 0 Å². The number of hydrogen-bond acceptors (Lipinski definition) is 3. The van der Waals surface area contributed by atoms with Gasteiger partial charge in [-0.05, 0) is 31.7 Å². The Morgan fingerprint density at radius 3 is 2.57 bits per heavy atom. The highest BCUT2D eigenvalue weighted by Gasteiger charge is 2.31. The monoisotopic (exact) mass is 201 g/mol. The van der Waals surface area contributed by atoms with Gasteiger partial charge in [-0.3, -0.25) is 0 Å². The van der Waals surface area contributed by atoms with Gasteiger partial charge < -0.3 is 15.1 Å². The topological polar surface area (TPSA) is 43.7 Å². The maximum absolute atomic E-state index is 10.1. The van der Waals surface area contributed by atoms with Crippen molar-refractivity contribution in [3.8, 4) is 0 Å². The van der Waals surface area contributed by atoms with Gasteiger partial charge in [0.15, 0.2) is 0 Å². The zero-order chi connectivity index (χ0) is 10.8. The predicted octanol–water partition coefficient (Wildman–Crippen LogP) is 0.708. The summed E-state index contributed by atoms with van der Waals surface area (Å²) in [7, 11) is 0. The first-order chi connectivity index (χ1) is 6.45. The molecule has 3 nitrogen and oxygen atoms in total. The average Bonchev–Trinajstić information content (AvgIpc) is 2.51. The third kappa shape index (κ3) is 2.94. The number of hydrogen-bond donors (Lipinski definition) is 2. The van der Waals surface area contributed by atoms with Crippen LogP contribution in [-0.2, 0) is 0 Å². The van der Waals surface area contributed by atoms with Crippen molar-refractivity contribution >= 4 is 0 Å². The van der Waals surface area contributed by atoms with E-state index in [2.05, 4.69) is 4.90 Å². The number of likely N-dealkylation sites (tertiary alicyclic amines) is 1. The first kappa shape index (κ1) is 12.0. The van der Waals surface area contributed by atoms with Crippen LogP contribution in [0, 0.1) is 11.8 Å². The Morgan fingerprint density at radius 1 is 1.50 bits per heavy atom. The fourth-order valence-electron chi connectivity index (χ4n) is 1.84. The zero-order valence-corrected chi connectivity index (χ0v) is 9.53. The van der Waals surface area contributed by atoms with E-state index in [1.165, 1.54) is 0 Å². The van der Waals surface area contributed by atoms with Gasteiger partial charge in [-0.15, -0.1) is 0 Å². The molecule has 0 aromatic heterocycles. The molecule has 1 aliphatic heterocycles. The lowest BCUT2D eigenvalue weighted by atomic mass is 9.92. The maximum Gasteiger partial charge on any atom is 0.0768 e. The summed E-state index contributed by atoms with van der Waals surface area (Å²) < 4.78 is 0. The molecule has 1 heterocycles. The predicted molar refractivity (Wildman–Crippen MR) is 57.1 cm³/mol. The highest BCUT2D eigenvalue weighted by atomic mass is 16.3. The highest BCUT2D eigenvalue weighted by Crippen LogP contribution is 2.22. The Labute approximate surface area is 86.7 Å². The molecule has 2 atom stereocenters. The summed E-state index contributed by atoms with van der Waals surface area (Å²) in [5.74, 6) is 0.689. The van der Waals surface area contributed by atoms with E-state index in [0.29, 0.717) is 5.92 Å². The van der Waals surface area contributed by atoms with Crippen molar-refractivity contribution in [2.75, 3.05) is 26.2 Å². The molecule has 3 heteroatoms. The van der Waals surface area contributed by atoms with Gasteiger partial charge in [0.1, 0.15) is 0 Å². The van der Waals surface area contributed by atoms with E-state index in [1.807, 2.05) is 20.8 Å². The molecule has 0 radical (unpaired) electrons. The van der Waals surface area contributed by atoms with Gasteiger partial charge >= 0.3 is 0 Å². The second kappa shape index (κ2) is 4.60. The van der Waals surface area contributed by atoms with Crippen LogP contribution in [0.15, 0.2) is 0 Å². The van der Waals surface area contributed by atoms with E-state index in [1.54, 1.807) is 0 Å². The summed E-state index contributed by atoms with van der Waals surface area (Å²) in [6.07, 6.45) is 1.06. The number of aliphatic hydroxyl groups excluding tert-OH is 1. The van der Waals surface area contributed by atoms with E-state index >= 15 is 0 Å². The first-order valence-electron chi connectivity index (χ1n) is 5.51. The van der Waals surface area contributed by atoms with Crippen LogP contribution in [0.1, 0.15) is 27.2 Å². The summed E-state index contributed by atoms with van der Waals surface area (Å²) >= 11 is 0. The molecule has 2 unspecified atom stereocenters. The Balaban J connectivity index is 2.39. The van der Waals surface area contributed by atoms with E-state index in [4.69, 9.17) is 5.11 Å². The molecule has 2 N–H and O–H groups in total. The molecule has 1 rings (SSSR count). The van der Waals surface area contributed by atoms with Crippen molar-refractivity contribution in [1.29, 1.82) is 0 Å². The average molecular weight is 201 g/mol. The molecule has 0 bridgehead atoms. The summed E-state index contributed by atoms with van der Waals surface area (Å²) in [4.78, 5) is 2.25. The summed E-state index contributed by atoms with van der Waals surface area (Å²) in [5, 5.41) is 19.1. The smallest absolute Gasteiger partial charge is 0.0768 e. The van der Waals surface area contributed by atoms with E-state index < -0.39 is 5.60 Å². The van der Waals surface area contributed by atoms with E-state index in [-0.39, 0.29) is 12.5 Å². The largest absolute Gasteiger partial charge is 0.396 e. The third-order valence-electron chi connectivity index (χ3n) is 3.42. The fourth-order valence-corrected chi connectivity index (χ4v) is 1.84. The number of nitrogens with zero attached hydrogens (tertiary/aromatic N) is 1. The van der Waals surface area contributed by atoms with Crippen molar-refractivity contribution in [2.24, 2.45) is 11.8 Å². The maximum atomic E-state index is 10.1. The van der Waals surface area contributed by atoms with Gasteiger partial charge in [-0.2, -0.15) is 0 Å². The molecule has 0 aliphatic carbocycles. The standard InChI is InChI=1S/C11H23NO2/c1-9(2)11(3,14)8-12-5-4-10(6-12)7-13/h9-10,13-14H,4-8H2,1-3H3.